The number of aliphatic hydroxyl groups is 1. The van der Waals surface area contributed by atoms with Crippen molar-refractivity contribution in [1.82, 2.24) is 20.2 Å². The Morgan fingerprint density at radius 3 is 2.30 bits per heavy atom. The Morgan fingerprint density at radius 2 is 1.61 bits per heavy atom. The number of fused-ring (bicyclic) bond motifs is 4. The van der Waals surface area contributed by atoms with Crippen molar-refractivity contribution in [2.45, 2.75) is 68.1 Å². The van der Waals surface area contributed by atoms with Gasteiger partial charge in [0.15, 0.2) is 6.04 Å². The average Bonchev–Trinajstić information content (AvgIpc) is 3.93. The van der Waals surface area contributed by atoms with Gasteiger partial charge in [0.25, 0.3) is 0 Å². The van der Waals surface area contributed by atoms with Gasteiger partial charge in [-0.1, -0.05) is 84.9 Å². The first-order valence-corrected chi connectivity index (χ1v) is 18.5. The Kier molecular flexibility index (Phi) is 9.61. The number of ether oxygens (including phenoxy) is 3. The quantitative estimate of drug-likeness (QED) is 0.235. The van der Waals surface area contributed by atoms with E-state index in [2.05, 4.69) is 5.32 Å². The van der Waals surface area contributed by atoms with E-state index in [9.17, 15) is 19.5 Å². The van der Waals surface area contributed by atoms with Gasteiger partial charge in [-0.3, -0.25) is 24.0 Å². The number of nitrogens with one attached hydrogen (secondary N) is 1. The molecule has 282 valence electrons. The zero-order chi connectivity index (χ0) is 37.6. The van der Waals surface area contributed by atoms with Crippen molar-refractivity contribution in [3.63, 3.8) is 0 Å². The fourth-order valence-corrected chi connectivity index (χ4v) is 8.83. The second-order valence-electron chi connectivity index (χ2n) is 14.7. The normalized spacial score (nSPS) is 29.5. The zero-order valence-corrected chi connectivity index (χ0v) is 30.2. The van der Waals surface area contributed by atoms with Gasteiger partial charge in [-0.25, -0.2) is 0 Å². The first kappa shape index (κ1) is 36.1. The molecule has 54 heavy (non-hydrogen) atoms. The number of nitrogens with zero attached hydrogens (tertiary/aromatic N) is 3. The summed E-state index contributed by atoms with van der Waals surface area (Å²) in [6.07, 6.45) is 0.796. The first-order valence-electron chi connectivity index (χ1n) is 18.5. The Bertz CT molecular complexity index is 1900. The molecular weight excluding hydrogens is 692 g/mol. The highest BCUT2D eigenvalue weighted by molar-refractivity contribution is 5.97. The SMILES string of the molecule is CN(C)C(=O)C=Cc1ccccc1CN1OC2C3OC(c4ccccc4)(c4ccccc4)OC3C3CC2(C(=O)N2CCCC2C(=O)NCCO)C1C(=O)O3. The van der Waals surface area contributed by atoms with Crippen molar-refractivity contribution in [3.05, 3.63) is 113 Å². The fraction of sp³-hybridized carbons (Fsp3) is 0.415. The minimum Gasteiger partial charge on any atom is -0.458 e. The molecule has 0 radical (unpaired) electrons. The van der Waals surface area contributed by atoms with E-state index in [1.807, 2.05) is 84.9 Å². The van der Waals surface area contributed by atoms with E-state index in [1.165, 1.54) is 16.0 Å². The Labute approximate surface area is 313 Å². The van der Waals surface area contributed by atoms with E-state index in [4.69, 9.17) is 19.0 Å². The van der Waals surface area contributed by atoms with Crippen LogP contribution in [-0.4, -0.2) is 114 Å². The maximum absolute atomic E-state index is 15.4. The number of carbonyl (C=O) groups excluding carboxylic acids is 4. The third-order valence-corrected chi connectivity index (χ3v) is 11.3. The van der Waals surface area contributed by atoms with Crippen LogP contribution in [0.4, 0.5) is 0 Å². The molecule has 5 fully saturated rings. The van der Waals surface area contributed by atoms with Crippen molar-refractivity contribution in [2.75, 3.05) is 33.8 Å². The average molecular weight is 737 g/mol. The number of benzene rings is 3. The molecule has 7 atom stereocenters. The highest BCUT2D eigenvalue weighted by Crippen LogP contribution is 2.60. The van der Waals surface area contributed by atoms with Crippen molar-refractivity contribution in [2.24, 2.45) is 5.41 Å². The predicted molar refractivity (Wildman–Crippen MR) is 194 cm³/mol. The summed E-state index contributed by atoms with van der Waals surface area (Å²) in [4.78, 5) is 65.5. The van der Waals surface area contributed by atoms with Crippen LogP contribution < -0.4 is 5.32 Å². The number of likely N-dealkylation sites (tertiary alicyclic amines) is 1. The molecule has 1 saturated carbocycles. The molecule has 4 aliphatic heterocycles. The van der Waals surface area contributed by atoms with E-state index < -0.39 is 53.7 Å². The molecule has 5 aliphatic rings. The standard InChI is InChI=1S/C41H44N4O9/c1-43(2)32(47)20-19-26-12-9-10-13-27(26)25-45-35-38(49)51-31-24-40(35,39(50)44-22-11-18-30(44)37(48)42-21-23-46)36(54-45)34-33(31)52-41(53-34,28-14-5-3-6-15-28)29-16-7-4-8-17-29/h3-10,12-17,19-20,30-31,33-36,46H,11,18,21-25H2,1-2H3,(H,42,48). The largest absolute Gasteiger partial charge is 0.458 e. The van der Waals surface area contributed by atoms with Gasteiger partial charge in [-0.15, -0.1) is 0 Å². The molecule has 3 amide bonds. The molecule has 2 N–H and O–H groups in total. The molecule has 13 nitrogen and oxygen atoms in total. The van der Waals surface area contributed by atoms with Crippen LogP contribution in [0.5, 0.6) is 0 Å². The summed E-state index contributed by atoms with van der Waals surface area (Å²) < 4.78 is 20.3. The number of amides is 3. The van der Waals surface area contributed by atoms with Crippen LogP contribution in [0, 0.1) is 5.41 Å². The molecule has 0 spiro atoms. The fourth-order valence-electron chi connectivity index (χ4n) is 8.83. The minimum atomic E-state index is -1.50. The summed E-state index contributed by atoms with van der Waals surface area (Å²) in [5, 5.41) is 13.6. The third-order valence-electron chi connectivity index (χ3n) is 11.3. The van der Waals surface area contributed by atoms with Crippen LogP contribution >= 0.6 is 0 Å². The first-order chi connectivity index (χ1) is 26.2. The molecule has 1 aliphatic carbocycles. The van der Waals surface area contributed by atoms with Gasteiger partial charge >= 0.3 is 5.97 Å². The van der Waals surface area contributed by atoms with Crippen molar-refractivity contribution in [1.29, 1.82) is 0 Å². The maximum atomic E-state index is 15.4. The van der Waals surface area contributed by atoms with E-state index >= 15 is 4.79 Å². The summed E-state index contributed by atoms with van der Waals surface area (Å²) in [6.45, 7) is 0.215. The van der Waals surface area contributed by atoms with Crippen molar-refractivity contribution >= 4 is 29.8 Å². The van der Waals surface area contributed by atoms with Gasteiger partial charge in [0, 0.05) is 50.8 Å². The highest BCUT2D eigenvalue weighted by Gasteiger charge is 2.77. The Morgan fingerprint density at radius 1 is 0.944 bits per heavy atom. The van der Waals surface area contributed by atoms with E-state index in [0.29, 0.717) is 19.4 Å². The van der Waals surface area contributed by atoms with Crippen LogP contribution in [0.2, 0.25) is 0 Å². The minimum absolute atomic E-state index is 0.0586. The number of rotatable bonds is 10. The van der Waals surface area contributed by atoms with Crippen LogP contribution in [0.3, 0.4) is 0 Å². The second kappa shape index (κ2) is 14.4. The molecule has 3 aromatic rings. The van der Waals surface area contributed by atoms with Crippen molar-refractivity contribution < 1.29 is 43.3 Å². The molecule has 7 unspecified atom stereocenters. The van der Waals surface area contributed by atoms with E-state index in [0.717, 1.165) is 22.3 Å². The van der Waals surface area contributed by atoms with Crippen LogP contribution in [0.25, 0.3) is 6.08 Å². The van der Waals surface area contributed by atoms with Gasteiger partial charge in [0.05, 0.1) is 13.2 Å². The van der Waals surface area contributed by atoms with Gasteiger partial charge in [-0.05, 0) is 30.0 Å². The third kappa shape index (κ3) is 5.91. The highest BCUT2D eigenvalue weighted by atomic mass is 16.8. The van der Waals surface area contributed by atoms with Crippen LogP contribution in [0.1, 0.15) is 41.5 Å². The molecule has 8 rings (SSSR count). The van der Waals surface area contributed by atoms with Gasteiger partial charge < -0.3 is 34.4 Å². The second-order valence-corrected chi connectivity index (χ2v) is 14.7. The maximum Gasteiger partial charge on any atom is 0.327 e. The van der Waals surface area contributed by atoms with E-state index in [-0.39, 0.29) is 43.8 Å². The molecular formula is C41H44N4O9. The van der Waals surface area contributed by atoms with Gasteiger partial charge in [-0.2, -0.15) is 5.06 Å². The number of hydroxylamine groups is 2. The summed E-state index contributed by atoms with van der Waals surface area (Å²) in [5.41, 5.74) is 1.44. The number of aliphatic hydroxyl groups excluding tert-OH is 1. The lowest BCUT2D eigenvalue weighted by Crippen LogP contribution is -2.70. The number of hydrogen-bond acceptors (Lipinski definition) is 10. The monoisotopic (exact) mass is 736 g/mol. The molecule has 13 heteroatoms. The number of hydrogen-bond donors (Lipinski definition) is 2. The smallest absolute Gasteiger partial charge is 0.327 e. The van der Waals surface area contributed by atoms with Gasteiger partial charge in [0.1, 0.15) is 35.9 Å². The predicted octanol–water partition coefficient (Wildman–Crippen LogP) is 2.37. The lowest BCUT2D eigenvalue weighted by atomic mass is 9.62. The summed E-state index contributed by atoms with van der Waals surface area (Å²) in [5.74, 6) is -2.97. The molecule has 2 bridgehead atoms. The van der Waals surface area contributed by atoms with E-state index in [1.54, 1.807) is 25.1 Å². The number of carbonyl (C=O) groups is 4. The van der Waals surface area contributed by atoms with Gasteiger partial charge in [0.2, 0.25) is 23.5 Å². The number of likely N-dealkylation sites (N-methyl/N-ethyl adjacent to an activating group) is 1. The molecule has 3 aromatic carbocycles. The molecule has 4 heterocycles. The molecule has 0 aromatic heterocycles. The zero-order valence-electron chi connectivity index (χ0n) is 30.2. The summed E-state index contributed by atoms with van der Waals surface area (Å²) >= 11 is 0. The Hall–Kier alpha value is -4.92. The van der Waals surface area contributed by atoms with Crippen LogP contribution in [-0.2, 0) is 50.6 Å². The van der Waals surface area contributed by atoms with Crippen molar-refractivity contribution in [3.8, 4) is 0 Å². The molecule has 4 saturated heterocycles. The lowest BCUT2D eigenvalue weighted by Gasteiger charge is -2.50. The Balaban J connectivity index is 1.22. The lowest BCUT2D eigenvalue weighted by molar-refractivity contribution is -0.214. The number of esters is 1. The van der Waals surface area contributed by atoms with Crippen LogP contribution in [0.15, 0.2) is 91.0 Å². The summed E-state index contributed by atoms with van der Waals surface area (Å²) in [7, 11) is 3.34. The summed E-state index contributed by atoms with van der Waals surface area (Å²) in [6, 6.07) is 24.6. The topological polar surface area (TPSA) is 147 Å².